The van der Waals surface area contributed by atoms with Gasteiger partial charge in [-0.15, -0.1) is 22.7 Å². The molecule has 0 amide bonds. The number of hydrogen-bond acceptors (Lipinski definition) is 9. The molecule has 0 saturated carbocycles. The van der Waals surface area contributed by atoms with E-state index in [9.17, 15) is 0 Å². The van der Waals surface area contributed by atoms with E-state index in [-0.39, 0.29) is 0 Å². The van der Waals surface area contributed by atoms with Crippen LogP contribution in [-0.4, -0.2) is 39.0 Å². The van der Waals surface area contributed by atoms with Crippen LogP contribution in [0, 0.1) is 0 Å². The summed E-state index contributed by atoms with van der Waals surface area (Å²) < 4.78 is 16.3. The smallest absolute Gasteiger partial charge is 0.166 e. The molecule has 0 aliphatic rings. The summed E-state index contributed by atoms with van der Waals surface area (Å²) in [5.74, 6) is 3.67. The minimum absolute atomic E-state index is 0.582. The lowest BCUT2D eigenvalue weighted by Crippen LogP contribution is -2.03. The molecule has 554 valence electrons. The molecule has 0 unspecified atom stereocenters. The van der Waals surface area contributed by atoms with E-state index >= 15 is 0 Å². The summed E-state index contributed by atoms with van der Waals surface area (Å²) >= 11 is 3.75. The van der Waals surface area contributed by atoms with Crippen molar-refractivity contribution in [1.82, 2.24) is 39.0 Å². The second-order valence-electron chi connectivity index (χ2n) is 30.2. The maximum Gasteiger partial charge on any atom is 0.166 e. The molecule has 18 aromatic carbocycles. The van der Waals surface area contributed by atoms with E-state index in [0.29, 0.717) is 34.9 Å². The van der Waals surface area contributed by atoms with Crippen LogP contribution in [-0.2, 0) is 0 Å². The molecule has 0 atom stereocenters. The molecule has 0 radical (unpaired) electrons. The van der Waals surface area contributed by atoms with Crippen molar-refractivity contribution in [2.75, 3.05) is 0 Å². The number of hydrogen-bond donors (Lipinski definition) is 0. The highest BCUT2D eigenvalue weighted by Crippen LogP contribution is 2.50. The zero-order valence-corrected chi connectivity index (χ0v) is 65.4. The van der Waals surface area contributed by atoms with Gasteiger partial charge in [-0.3, -0.25) is 0 Å². The van der Waals surface area contributed by atoms with E-state index in [1.807, 2.05) is 95.5 Å². The van der Waals surface area contributed by atoms with Gasteiger partial charge >= 0.3 is 0 Å². The monoisotopic (exact) mass is 1550 g/mol. The molecule has 0 aliphatic heterocycles. The highest BCUT2D eigenvalue weighted by molar-refractivity contribution is 7.27. The van der Waals surface area contributed by atoms with E-state index in [1.54, 1.807) is 0 Å². The highest BCUT2D eigenvalue weighted by Gasteiger charge is 2.27. The fourth-order valence-corrected chi connectivity index (χ4v) is 20.9. The van der Waals surface area contributed by atoms with Crippen LogP contribution in [0.15, 0.2) is 393 Å². The Balaban J connectivity index is 0.000000136. The van der Waals surface area contributed by atoms with Gasteiger partial charge in [-0.25, -0.2) is 29.9 Å². The lowest BCUT2D eigenvalue weighted by molar-refractivity contribution is 0.669. The third kappa shape index (κ3) is 11.1. The summed E-state index contributed by atoms with van der Waals surface area (Å²) in [4.78, 5) is 31.4. The Kier molecular flexibility index (Phi) is 15.8. The van der Waals surface area contributed by atoms with Crippen molar-refractivity contribution in [1.29, 1.82) is 0 Å². The average molecular weight is 1550 g/mol. The average Bonchev–Trinajstić information content (AvgIpc) is 1.57. The third-order valence-corrected chi connectivity index (χ3v) is 26.0. The first-order valence-corrected chi connectivity index (χ1v) is 41.6. The molecular formula is C108H64N8OS2. The van der Waals surface area contributed by atoms with Crippen LogP contribution in [0.5, 0.6) is 0 Å². The Labute approximate surface area is 689 Å². The van der Waals surface area contributed by atoms with Crippen LogP contribution in [0.4, 0.5) is 0 Å². The molecular weight excluding hydrogens is 1490 g/mol. The maximum atomic E-state index is 6.31. The van der Waals surface area contributed by atoms with Gasteiger partial charge in [-0.1, -0.05) is 328 Å². The van der Waals surface area contributed by atoms with Gasteiger partial charge in [-0.05, 0) is 115 Å². The fraction of sp³-hybridized carbons (Fsp3) is 0. The summed E-state index contributed by atoms with van der Waals surface area (Å²) in [7, 11) is 0. The molecule has 0 saturated heterocycles. The summed E-state index contributed by atoms with van der Waals surface area (Å²) in [6.45, 7) is 0. The van der Waals surface area contributed by atoms with E-state index in [2.05, 4.69) is 325 Å². The highest BCUT2D eigenvalue weighted by atomic mass is 32.1. The lowest BCUT2D eigenvalue weighted by Gasteiger charge is -2.15. The minimum Gasteiger partial charge on any atom is -0.456 e. The summed E-state index contributed by atoms with van der Waals surface area (Å²) in [6.07, 6.45) is 0. The van der Waals surface area contributed by atoms with Crippen molar-refractivity contribution in [2.45, 2.75) is 0 Å². The Bertz CT molecular complexity index is 8400. The SMILES string of the molecule is c1ccc(-c2nc(-c3ccc4c(c3)oc3ccccc34)nc(-c3ccccc3-n3c4ccccc4c4ccc5c6cccc(-c7ccccc7)c6sc5c43)n2)cc1.c1ccc(-c2nc(-c3ccc4c5ccccc5c5ccccc5c4c3)nc(-c3ccccc3-n3c4ccccc4c4ccc5c6cccc(-c7ccccc7)c6sc5c43)n2)cc1. The molecule has 25 aromatic rings. The molecule has 7 aromatic heterocycles. The van der Waals surface area contributed by atoms with E-state index in [0.717, 1.165) is 77.7 Å². The maximum absolute atomic E-state index is 6.31. The van der Waals surface area contributed by atoms with Crippen molar-refractivity contribution < 1.29 is 4.42 Å². The van der Waals surface area contributed by atoms with Crippen LogP contribution < -0.4 is 0 Å². The topological polar surface area (TPSA) is 100 Å². The van der Waals surface area contributed by atoms with E-state index in [4.69, 9.17) is 34.3 Å². The number of nitrogens with zero attached hydrogens (tertiary/aromatic N) is 8. The number of para-hydroxylation sites is 5. The number of rotatable bonds is 10. The van der Waals surface area contributed by atoms with Gasteiger partial charge in [0.1, 0.15) is 11.2 Å². The number of furan rings is 1. The van der Waals surface area contributed by atoms with Gasteiger partial charge < -0.3 is 13.6 Å². The molecule has 0 fully saturated rings. The molecule has 0 aliphatic carbocycles. The first-order valence-electron chi connectivity index (χ1n) is 40.0. The normalized spacial score (nSPS) is 11.9. The van der Waals surface area contributed by atoms with Gasteiger partial charge in [0.05, 0.1) is 42.8 Å². The standard InChI is InChI=1S/C57H34N4S.C51H30N4OS/c1-3-16-35(17-4-1)38-26-15-27-46-47-33-32-45-44-24-11-13-28-50(44)61(52(45)54(47)62-53(38)46)51-29-14-12-25-48(51)57-59-55(36-18-5-2-6-19-36)58-56(60-57)37-30-31-43-41-22-8-7-20-39(41)40-21-9-10-23-42(40)49(43)34-37;1-3-14-31(15-4-1)34-21-13-22-39-40-29-28-38-35-18-7-10-23-42(35)55(46(38)48(40)57-47(34)39)43-24-11-8-20-41(43)51-53-49(32-16-5-2-6-17-32)52-50(54-51)33-26-27-37-36-19-9-12-25-44(36)56-45(37)30-33/h1-34H;1-30H. The lowest BCUT2D eigenvalue weighted by atomic mass is 9.93. The number of benzene rings is 18. The van der Waals surface area contributed by atoms with Gasteiger partial charge in [0.25, 0.3) is 0 Å². The predicted octanol–water partition coefficient (Wildman–Crippen LogP) is 29.4. The Morgan fingerprint density at radius 3 is 0.975 bits per heavy atom. The van der Waals surface area contributed by atoms with Gasteiger partial charge in [0.15, 0.2) is 34.9 Å². The van der Waals surface area contributed by atoms with Crippen molar-refractivity contribution in [3.05, 3.63) is 388 Å². The van der Waals surface area contributed by atoms with Crippen LogP contribution in [0.25, 0.3) is 240 Å². The van der Waals surface area contributed by atoms with Crippen molar-refractivity contribution in [3.8, 4) is 102 Å². The van der Waals surface area contributed by atoms with Gasteiger partial charge in [0.2, 0.25) is 0 Å². The quantitative estimate of drug-likeness (QED) is 0.126. The Morgan fingerprint density at radius 2 is 0.496 bits per heavy atom. The molecule has 11 heteroatoms. The van der Waals surface area contributed by atoms with Crippen LogP contribution in [0.1, 0.15) is 0 Å². The summed E-state index contributed by atoms with van der Waals surface area (Å²) in [6, 6.07) is 137. The molecule has 9 nitrogen and oxygen atoms in total. The second-order valence-corrected chi connectivity index (χ2v) is 32.3. The number of fused-ring (bicyclic) bond motifs is 23. The van der Waals surface area contributed by atoms with Gasteiger partial charge in [-0.2, -0.15) is 0 Å². The summed E-state index contributed by atoms with van der Waals surface area (Å²) in [5.41, 5.74) is 18.7. The first kappa shape index (κ1) is 68.0. The fourth-order valence-electron chi connectivity index (χ4n) is 18.1. The van der Waals surface area contributed by atoms with E-state index < -0.39 is 0 Å². The molecule has 0 N–H and O–H groups in total. The predicted molar refractivity (Wildman–Crippen MR) is 497 cm³/mol. The second kappa shape index (κ2) is 27.7. The van der Waals surface area contributed by atoms with Crippen LogP contribution in [0.3, 0.4) is 0 Å². The Hall–Kier alpha value is -15.4. The van der Waals surface area contributed by atoms with Crippen LogP contribution >= 0.6 is 22.7 Å². The molecule has 119 heavy (non-hydrogen) atoms. The number of thiophene rings is 2. The van der Waals surface area contributed by atoms with Crippen molar-refractivity contribution in [3.63, 3.8) is 0 Å². The molecule has 0 bridgehead atoms. The third-order valence-electron chi connectivity index (χ3n) is 23.5. The largest absolute Gasteiger partial charge is 0.456 e. The van der Waals surface area contributed by atoms with E-state index in [1.165, 1.54) is 127 Å². The zero-order chi connectivity index (χ0) is 78.2. The van der Waals surface area contributed by atoms with Gasteiger partial charge in [0, 0.05) is 96.6 Å². The molecule has 7 heterocycles. The molecule has 0 spiro atoms. The first-order chi connectivity index (χ1) is 59.0. The minimum atomic E-state index is 0.582. The summed E-state index contributed by atoms with van der Waals surface area (Å²) in [5, 5.41) is 19.3. The zero-order valence-electron chi connectivity index (χ0n) is 63.8. The van der Waals surface area contributed by atoms with Crippen LogP contribution in [0.2, 0.25) is 0 Å². The van der Waals surface area contributed by atoms with Crippen molar-refractivity contribution >= 4 is 161 Å². The number of aromatic nitrogens is 8. The Morgan fingerprint density at radius 1 is 0.185 bits per heavy atom. The molecule has 25 rings (SSSR count). The van der Waals surface area contributed by atoms with Crippen molar-refractivity contribution in [2.24, 2.45) is 0 Å².